The molecule has 0 bridgehead atoms. The SMILES string of the molecule is O=[N+]([O-])c1cc(Cc2ccc[nH]2)cc(O)c1O. The number of nitro groups is 1. The van der Waals surface area contributed by atoms with Crippen molar-refractivity contribution in [3.63, 3.8) is 0 Å². The van der Waals surface area contributed by atoms with E-state index in [1.54, 1.807) is 6.20 Å². The molecule has 0 radical (unpaired) electrons. The number of nitrogens with one attached hydrogen (secondary N) is 1. The Labute approximate surface area is 96.3 Å². The summed E-state index contributed by atoms with van der Waals surface area (Å²) < 4.78 is 0. The van der Waals surface area contributed by atoms with Crippen LogP contribution in [0.2, 0.25) is 0 Å². The Balaban J connectivity index is 2.39. The number of aromatic nitrogens is 1. The normalized spacial score (nSPS) is 10.4. The first-order valence-electron chi connectivity index (χ1n) is 4.89. The topological polar surface area (TPSA) is 99.4 Å². The lowest BCUT2D eigenvalue weighted by Gasteiger charge is -2.03. The van der Waals surface area contributed by atoms with E-state index in [0.29, 0.717) is 12.0 Å². The molecule has 0 atom stereocenters. The van der Waals surface area contributed by atoms with Crippen molar-refractivity contribution in [1.82, 2.24) is 4.98 Å². The highest BCUT2D eigenvalue weighted by molar-refractivity contribution is 5.56. The van der Waals surface area contributed by atoms with E-state index < -0.39 is 22.1 Å². The number of benzene rings is 1. The predicted molar refractivity (Wildman–Crippen MR) is 60.0 cm³/mol. The van der Waals surface area contributed by atoms with Crippen molar-refractivity contribution in [3.05, 3.63) is 51.8 Å². The molecule has 1 aromatic carbocycles. The van der Waals surface area contributed by atoms with Crippen LogP contribution in [0.1, 0.15) is 11.3 Å². The van der Waals surface area contributed by atoms with Crippen LogP contribution in [-0.4, -0.2) is 20.1 Å². The molecule has 3 N–H and O–H groups in total. The number of hydrogen-bond donors (Lipinski definition) is 3. The molecule has 6 nitrogen and oxygen atoms in total. The summed E-state index contributed by atoms with van der Waals surface area (Å²) in [4.78, 5) is 12.9. The average Bonchev–Trinajstić information content (AvgIpc) is 2.75. The Kier molecular flexibility index (Phi) is 2.70. The Bertz CT molecular complexity index is 549. The maximum Gasteiger partial charge on any atom is 0.314 e. The number of phenolic OH excluding ortho intramolecular Hbond substituents is 2. The molecule has 2 rings (SSSR count). The molecule has 88 valence electrons. The molecule has 0 unspecified atom stereocenters. The largest absolute Gasteiger partial charge is 0.504 e. The fourth-order valence-corrected chi connectivity index (χ4v) is 1.60. The highest BCUT2D eigenvalue weighted by Gasteiger charge is 2.18. The maximum atomic E-state index is 10.7. The summed E-state index contributed by atoms with van der Waals surface area (Å²) in [6, 6.07) is 6.19. The van der Waals surface area contributed by atoms with Gasteiger partial charge in [0.15, 0.2) is 5.75 Å². The van der Waals surface area contributed by atoms with Gasteiger partial charge in [-0.15, -0.1) is 0 Å². The quantitative estimate of drug-likeness (QED) is 0.429. The van der Waals surface area contributed by atoms with Gasteiger partial charge in [-0.3, -0.25) is 10.1 Å². The van der Waals surface area contributed by atoms with Gasteiger partial charge in [-0.1, -0.05) is 0 Å². The average molecular weight is 234 g/mol. The number of phenols is 2. The van der Waals surface area contributed by atoms with Gasteiger partial charge < -0.3 is 15.2 Å². The van der Waals surface area contributed by atoms with Gasteiger partial charge in [-0.25, -0.2) is 0 Å². The van der Waals surface area contributed by atoms with E-state index in [-0.39, 0.29) is 0 Å². The molecule has 0 amide bonds. The van der Waals surface area contributed by atoms with Crippen LogP contribution in [0.5, 0.6) is 11.5 Å². The van der Waals surface area contributed by atoms with E-state index in [0.717, 1.165) is 5.69 Å². The van der Waals surface area contributed by atoms with E-state index in [1.165, 1.54) is 12.1 Å². The van der Waals surface area contributed by atoms with Crippen LogP contribution in [0.4, 0.5) is 5.69 Å². The number of rotatable bonds is 3. The molecular formula is C11H10N2O4. The summed E-state index contributed by atoms with van der Waals surface area (Å²) in [5, 5.41) is 29.4. The van der Waals surface area contributed by atoms with Gasteiger partial charge in [-0.05, 0) is 23.8 Å². The Morgan fingerprint density at radius 3 is 2.71 bits per heavy atom. The second-order valence-corrected chi connectivity index (χ2v) is 3.61. The molecule has 1 heterocycles. The third-order valence-corrected chi connectivity index (χ3v) is 2.38. The van der Waals surface area contributed by atoms with Crippen molar-refractivity contribution < 1.29 is 15.1 Å². The number of hydrogen-bond acceptors (Lipinski definition) is 4. The van der Waals surface area contributed by atoms with Gasteiger partial charge in [-0.2, -0.15) is 0 Å². The van der Waals surface area contributed by atoms with E-state index >= 15 is 0 Å². The molecule has 0 aliphatic heterocycles. The standard InChI is InChI=1S/C11H10N2O4/c14-10-6-7(4-8-2-1-3-12-8)5-9(11(10)15)13(16)17/h1-3,5-6,12,14-15H,4H2. The second kappa shape index (κ2) is 4.17. The first-order chi connectivity index (χ1) is 8.08. The summed E-state index contributed by atoms with van der Waals surface area (Å²) in [6.07, 6.45) is 2.16. The highest BCUT2D eigenvalue weighted by Crippen LogP contribution is 2.36. The van der Waals surface area contributed by atoms with Crippen LogP contribution < -0.4 is 0 Å². The molecule has 0 saturated heterocycles. The molecule has 0 aliphatic carbocycles. The van der Waals surface area contributed by atoms with E-state index in [2.05, 4.69) is 4.98 Å². The van der Waals surface area contributed by atoms with Gasteiger partial charge in [0, 0.05) is 24.4 Å². The molecule has 2 aromatic rings. The molecule has 0 fully saturated rings. The minimum atomic E-state index is -0.729. The number of nitro benzene ring substituents is 1. The van der Waals surface area contributed by atoms with Crippen LogP contribution >= 0.6 is 0 Å². The van der Waals surface area contributed by atoms with Crippen LogP contribution in [0.25, 0.3) is 0 Å². The number of aromatic amines is 1. The third kappa shape index (κ3) is 2.20. The lowest BCUT2D eigenvalue weighted by molar-refractivity contribution is -0.386. The van der Waals surface area contributed by atoms with Crippen molar-refractivity contribution in [2.45, 2.75) is 6.42 Å². The summed E-state index contributed by atoms with van der Waals surface area (Å²) in [6.45, 7) is 0. The minimum Gasteiger partial charge on any atom is -0.504 e. The summed E-state index contributed by atoms with van der Waals surface area (Å²) in [7, 11) is 0. The van der Waals surface area contributed by atoms with Crippen LogP contribution in [0, 0.1) is 10.1 Å². The Morgan fingerprint density at radius 2 is 2.12 bits per heavy atom. The van der Waals surface area contributed by atoms with Crippen LogP contribution in [0.3, 0.4) is 0 Å². The molecule has 0 spiro atoms. The second-order valence-electron chi connectivity index (χ2n) is 3.61. The molecular weight excluding hydrogens is 224 g/mol. The maximum absolute atomic E-state index is 10.7. The molecule has 17 heavy (non-hydrogen) atoms. The zero-order valence-corrected chi connectivity index (χ0v) is 8.75. The first-order valence-corrected chi connectivity index (χ1v) is 4.89. The number of nitrogens with zero attached hydrogens (tertiary/aromatic N) is 1. The van der Waals surface area contributed by atoms with E-state index in [4.69, 9.17) is 0 Å². The lowest BCUT2D eigenvalue weighted by Crippen LogP contribution is -1.93. The third-order valence-electron chi connectivity index (χ3n) is 2.38. The number of H-pyrrole nitrogens is 1. The van der Waals surface area contributed by atoms with E-state index in [9.17, 15) is 20.3 Å². The smallest absolute Gasteiger partial charge is 0.314 e. The molecule has 0 aliphatic rings. The fraction of sp³-hybridized carbons (Fsp3) is 0.0909. The summed E-state index contributed by atoms with van der Waals surface area (Å²) in [5.41, 5.74) is 0.922. The zero-order valence-electron chi connectivity index (χ0n) is 8.75. The number of aromatic hydroxyl groups is 2. The highest BCUT2D eigenvalue weighted by atomic mass is 16.6. The van der Waals surface area contributed by atoms with Gasteiger partial charge >= 0.3 is 5.69 Å². The van der Waals surface area contributed by atoms with Crippen molar-refractivity contribution >= 4 is 5.69 Å². The summed E-state index contributed by atoms with van der Waals surface area (Å²) in [5.74, 6) is -1.19. The zero-order chi connectivity index (χ0) is 12.4. The molecule has 0 saturated carbocycles. The molecule has 1 aromatic heterocycles. The van der Waals surface area contributed by atoms with Crippen molar-refractivity contribution in [2.75, 3.05) is 0 Å². The van der Waals surface area contributed by atoms with Crippen LogP contribution in [0.15, 0.2) is 30.5 Å². The van der Waals surface area contributed by atoms with Gasteiger partial charge in [0.25, 0.3) is 0 Å². The fourth-order valence-electron chi connectivity index (χ4n) is 1.60. The van der Waals surface area contributed by atoms with Gasteiger partial charge in [0.2, 0.25) is 5.75 Å². The van der Waals surface area contributed by atoms with Crippen molar-refractivity contribution in [3.8, 4) is 11.5 Å². The Hall–Kier alpha value is -2.50. The van der Waals surface area contributed by atoms with Crippen molar-refractivity contribution in [2.24, 2.45) is 0 Å². The molecule has 6 heteroatoms. The Morgan fingerprint density at radius 1 is 1.35 bits per heavy atom. The lowest BCUT2D eigenvalue weighted by atomic mass is 10.1. The van der Waals surface area contributed by atoms with Gasteiger partial charge in [0.1, 0.15) is 0 Å². The van der Waals surface area contributed by atoms with Crippen LogP contribution in [-0.2, 0) is 6.42 Å². The monoisotopic (exact) mass is 234 g/mol. The first kappa shape index (κ1) is 11.0. The van der Waals surface area contributed by atoms with Crippen molar-refractivity contribution in [1.29, 1.82) is 0 Å². The predicted octanol–water partition coefficient (Wildman–Crippen LogP) is 1.92. The summed E-state index contributed by atoms with van der Waals surface area (Å²) >= 11 is 0. The van der Waals surface area contributed by atoms with E-state index in [1.807, 2.05) is 12.1 Å². The van der Waals surface area contributed by atoms with Gasteiger partial charge in [0.05, 0.1) is 4.92 Å². The minimum absolute atomic E-state index is 0.418.